The van der Waals surface area contributed by atoms with Gasteiger partial charge in [0.25, 0.3) is 5.91 Å². The molecule has 0 saturated carbocycles. The number of hydrogen-bond donors (Lipinski definition) is 1. The van der Waals surface area contributed by atoms with Crippen molar-refractivity contribution < 1.29 is 9.53 Å². The summed E-state index contributed by atoms with van der Waals surface area (Å²) < 4.78 is 7.49. The van der Waals surface area contributed by atoms with E-state index in [0.29, 0.717) is 37.7 Å². The SMILES string of the molecule is O=C(NN1CCOCC1)[C@@H](c1ccccc1)n1c(Cc2cccc(Cl)c2)nc2ccccc21. The summed E-state index contributed by atoms with van der Waals surface area (Å²) in [7, 11) is 0. The van der Waals surface area contributed by atoms with Gasteiger partial charge < -0.3 is 9.30 Å². The average molecular weight is 461 g/mol. The van der Waals surface area contributed by atoms with Crippen LogP contribution in [0, 0.1) is 0 Å². The second-order valence-corrected chi connectivity index (χ2v) is 8.52. The summed E-state index contributed by atoms with van der Waals surface area (Å²) in [5.41, 5.74) is 6.83. The second kappa shape index (κ2) is 9.75. The van der Waals surface area contributed by atoms with Crippen molar-refractivity contribution in [3.05, 3.63) is 101 Å². The van der Waals surface area contributed by atoms with Gasteiger partial charge >= 0.3 is 0 Å². The van der Waals surface area contributed by atoms with Crippen molar-refractivity contribution in [1.82, 2.24) is 20.0 Å². The molecular formula is C26H25ClN4O2. The number of benzene rings is 3. The topological polar surface area (TPSA) is 59.4 Å². The lowest BCUT2D eigenvalue weighted by atomic mass is 10.0. The lowest BCUT2D eigenvalue weighted by Crippen LogP contribution is -2.50. The van der Waals surface area contributed by atoms with E-state index in [4.69, 9.17) is 21.3 Å². The smallest absolute Gasteiger partial charge is 0.262 e. The summed E-state index contributed by atoms with van der Waals surface area (Å²) in [4.78, 5) is 18.7. The molecule has 6 nitrogen and oxygen atoms in total. The van der Waals surface area contributed by atoms with Gasteiger partial charge in [0.2, 0.25) is 0 Å². The summed E-state index contributed by atoms with van der Waals surface area (Å²) in [6.45, 7) is 2.52. The zero-order valence-corrected chi connectivity index (χ0v) is 18.9. The minimum absolute atomic E-state index is 0.0985. The molecular weight excluding hydrogens is 436 g/mol. The summed E-state index contributed by atoms with van der Waals surface area (Å²) in [6, 6.07) is 25.0. The Balaban J connectivity index is 1.61. The van der Waals surface area contributed by atoms with Gasteiger partial charge in [-0.3, -0.25) is 10.2 Å². The molecule has 33 heavy (non-hydrogen) atoms. The number of amides is 1. The quantitative estimate of drug-likeness (QED) is 0.467. The highest BCUT2D eigenvalue weighted by Crippen LogP contribution is 2.28. The van der Waals surface area contributed by atoms with Crippen LogP contribution in [0.15, 0.2) is 78.9 Å². The Morgan fingerprint density at radius 2 is 1.76 bits per heavy atom. The van der Waals surface area contributed by atoms with Gasteiger partial charge in [-0.25, -0.2) is 9.99 Å². The van der Waals surface area contributed by atoms with E-state index in [1.807, 2.05) is 83.9 Å². The van der Waals surface area contributed by atoms with Gasteiger partial charge in [-0.05, 0) is 35.4 Å². The Hall–Kier alpha value is -3.19. The number of nitrogens with one attached hydrogen (secondary N) is 1. The monoisotopic (exact) mass is 460 g/mol. The fourth-order valence-corrected chi connectivity index (χ4v) is 4.49. The van der Waals surface area contributed by atoms with Gasteiger partial charge in [-0.2, -0.15) is 0 Å². The van der Waals surface area contributed by atoms with Crippen LogP contribution in [-0.2, 0) is 16.0 Å². The lowest BCUT2D eigenvalue weighted by Gasteiger charge is -2.30. The molecule has 1 N–H and O–H groups in total. The van der Waals surface area contributed by atoms with Crippen LogP contribution in [0.4, 0.5) is 0 Å². The second-order valence-electron chi connectivity index (χ2n) is 8.08. The Morgan fingerprint density at radius 3 is 2.55 bits per heavy atom. The number of rotatable bonds is 6. The van der Waals surface area contributed by atoms with E-state index in [-0.39, 0.29) is 5.91 Å². The molecule has 2 heterocycles. The number of aromatic nitrogens is 2. The highest BCUT2D eigenvalue weighted by molar-refractivity contribution is 6.30. The van der Waals surface area contributed by atoms with E-state index < -0.39 is 6.04 Å². The molecule has 4 aromatic rings. The highest BCUT2D eigenvalue weighted by Gasteiger charge is 2.29. The molecule has 5 rings (SSSR count). The molecule has 1 aliphatic heterocycles. The number of carbonyl (C=O) groups is 1. The maximum absolute atomic E-state index is 13.7. The van der Waals surface area contributed by atoms with Gasteiger partial charge in [0.05, 0.1) is 24.2 Å². The number of hydrogen-bond acceptors (Lipinski definition) is 4. The Kier molecular flexibility index (Phi) is 6.39. The first-order chi connectivity index (χ1) is 16.2. The minimum atomic E-state index is -0.573. The van der Waals surface area contributed by atoms with Gasteiger partial charge in [0.15, 0.2) is 0 Å². The maximum atomic E-state index is 13.7. The number of imidazole rings is 1. The fourth-order valence-electron chi connectivity index (χ4n) is 4.28. The van der Waals surface area contributed by atoms with Crippen LogP contribution in [-0.4, -0.2) is 46.8 Å². The van der Waals surface area contributed by atoms with E-state index in [1.165, 1.54) is 0 Å². The lowest BCUT2D eigenvalue weighted by molar-refractivity contribution is -0.130. The number of halogens is 1. The van der Waals surface area contributed by atoms with Crippen molar-refractivity contribution >= 4 is 28.5 Å². The first-order valence-electron chi connectivity index (χ1n) is 11.1. The van der Waals surface area contributed by atoms with E-state index in [2.05, 4.69) is 9.99 Å². The van der Waals surface area contributed by atoms with E-state index in [9.17, 15) is 4.79 Å². The molecule has 1 aliphatic rings. The summed E-state index contributed by atoms with van der Waals surface area (Å²) in [5, 5.41) is 2.61. The Bertz CT molecular complexity index is 1250. The normalized spacial score (nSPS) is 15.4. The number of ether oxygens (including phenoxy) is 1. The molecule has 0 spiro atoms. The van der Waals surface area contributed by atoms with Gasteiger partial charge in [-0.1, -0.05) is 66.2 Å². The fraction of sp³-hybridized carbons (Fsp3) is 0.231. The third-order valence-electron chi connectivity index (χ3n) is 5.82. The molecule has 1 saturated heterocycles. The molecule has 0 aliphatic carbocycles. The molecule has 0 radical (unpaired) electrons. The summed E-state index contributed by atoms with van der Waals surface area (Å²) >= 11 is 6.24. The third kappa shape index (κ3) is 4.78. The molecule has 1 atom stereocenters. The zero-order valence-electron chi connectivity index (χ0n) is 18.2. The number of carbonyl (C=O) groups excluding carboxylic acids is 1. The number of para-hydroxylation sites is 2. The first-order valence-corrected chi connectivity index (χ1v) is 11.5. The number of fused-ring (bicyclic) bond motifs is 1. The highest BCUT2D eigenvalue weighted by atomic mass is 35.5. The van der Waals surface area contributed by atoms with Gasteiger partial charge in [0, 0.05) is 24.5 Å². The van der Waals surface area contributed by atoms with Crippen LogP contribution in [0.5, 0.6) is 0 Å². The van der Waals surface area contributed by atoms with Crippen molar-refractivity contribution in [3.8, 4) is 0 Å². The predicted molar refractivity (Wildman–Crippen MR) is 129 cm³/mol. The zero-order chi connectivity index (χ0) is 22.6. The largest absolute Gasteiger partial charge is 0.379 e. The molecule has 3 aromatic carbocycles. The number of hydrazine groups is 1. The van der Waals surface area contributed by atoms with Gasteiger partial charge in [-0.15, -0.1) is 0 Å². The number of morpholine rings is 1. The molecule has 1 fully saturated rings. The average Bonchev–Trinajstić information content (AvgIpc) is 3.18. The van der Waals surface area contributed by atoms with E-state index in [0.717, 1.165) is 28.0 Å². The van der Waals surface area contributed by atoms with Crippen molar-refractivity contribution in [2.75, 3.05) is 26.3 Å². The Morgan fingerprint density at radius 1 is 1.00 bits per heavy atom. The molecule has 1 amide bonds. The van der Waals surface area contributed by atoms with Crippen LogP contribution >= 0.6 is 11.6 Å². The van der Waals surface area contributed by atoms with Crippen LogP contribution in [0.25, 0.3) is 11.0 Å². The van der Waals surface area contributed by atoms with Crippen LogP contribution in [0.1, 0.15) is 23.0 Å². The van der Waals surface area contributed by atoms with Crippen LogP contribution in [0.2, 0.25) is 5.02 Å². The van der Waals surface area contributed by atoms with E-state index >= 15 is 0 Å². The van der Waals surface area contributed by atoms with Crippen LogP contribution in [0.3, 0.4) is 0 Å². The third-order valence-corrected chi connectivity index (χ3v) is 6.06. The number of nitrogens with zero attached hydrogens (tertiary/aromatic N) is 3. The molecule has 1 aromatic heterocycles. The van der Waals surface area contributed by atoms with Crippen molar-refractivity contribution in [1.29, 1.82) is 0 Å². The first kappa shape index (κ1) is 21.6. The standard InChI is InChI=1S/C26H25ClN4O2/c27-21-10-6-7-19(17-21)18-24-28-22-11-4-5-12-23(22)31(24)25(20-8-2-1-3-9-20)26(32)29-30-13-15-33-16-14-30/h1-12,17,25H,13-16,18H2,(H,29,32)/t25-/m1/s1. The van der Waals surface area contributed by atoms with Crippen molar-refractivity contribution in [2.24, 2.45) is 0 Å². The van der Waals surface area contributed by atoms with Crippen molar-refractivity contribution in [2.45, 2.75) is 12.5 Å². The Labute approximate surface area is 197 Å². The molecule has 168 valence electrons. The van der Waals surface area contributed by atoms with Gasteiger partial charge in [0.1, 0.15) is 11.9 Å². The summed E-state index contributed by atoms with van der Waals surface area (Å²) in [5.74, 6) is 0.711. The molecule has 7 heteroatoms. The predicted octanol–water partition coefficient (Wildman–Crippen LogP) is 4.23. The van der Waals surface area contributed by atoms with Crippen molar-refractivity contribution in [3.63, 3.8) is 0 Å². The maximum Gasteiger partial charge on any atom is 0.262 e. The summed E-state index contributed by atoms with van der Waals surface area (Å²) in [6.07, 6.45) is 0.559. The van der Waals surface area contributed by atoms with Crippen LogP contribution < -0.4 is 5.43 Å². The molecule has 0 bridgehead atoms. The molecule has 0 unspecified atom stereocenters. The minimum Gasteiger partial charge on any atom is -0.379 e. The van der Waals surface area contributed by atoms with E-state index in [1.54, 1.807) is 0 Å².